The zero-order valence-corrected chi connectivity index (χ0v) is 16.8. The lowest BCUT2D eigenvalue weighted by atomic mass is 10.2. The highest BCUT2D eigenvalue weighted by molar-refractivity contribution is 7.98. The van der Waals surface area contributed by atoms with E-state index in [1.54, 1.807) is 10.8 Å². The Kier molecular flexibility index (Phi) is 6.86. The number of carbonyl (C=O) groups is 1. The molecule has 0 saturated carbocycles. The molecule has 0 fully saturated rings. The smallest absolute Gasteiger partial charge is 0.262 e. The van der Waals surface area contributed by atoms with E-state index >= 15 is 0 Å². The van der Waals surface area contributed by atoms with Crippen molar-refractivity contribution in [1.82, 2.24) is 19.1 Å². The van der Waals surface area contributed by atoms with Gasteiger partial charge in [-0.2, -0.15) is 0 Å². The maximum atomic E-state index is 13.0. The van der Waals surface area contributed by atoms with Gasteiger partial charge < -0.3 is 10.3 Å². The van der Waals surface area contributed by atoms with E-state index in [0.717, 1.165) is 31.6 Å². The second-order valence-electron chi connectivity index (χ2n) is 6.56. The quantitative estimate of drug-likeness (QED) is 0.321. The number of aryl methyl sites for hydroxylation is 1. The molecule has 0 radical (unpaired) electrons. The number of thioether (sulfide) groups is 1. The van der Waals surface area contributed by atoms with Crippen LogP contribution in [0.5, 0.6) is 0 Å². The number of amides is 1. The summed E-state index contributed by atoms with van der Waals surface area (Å²) in [6.07, 6.45) is 6.50. The number of aromatic nitrogens is 4. The van der Waals surface area contributed by atoms with Gasteiger partial charge in [-0.15, -0.1) is 0 Å². The number of primary amides is 1. The molecule has 7 nitrogen and oxygen atoms in total. The molecule has 2 N–H and O–H groups in total. The van der Waals surface area contributed by atoms with Crippen molar-refractivity contribution in [3.8, 4) is 0 Å². The predicted octanol–water partition coefficient (Wildman–Crippen LogP) is 2.95. The van der Waals surface area contributed by atoms with Gasteiger partial charge in [0.2, 0.25) is 5.91 Å². The summed E-state index contributed by atoms with van der Waals surface area (Å²) in [6.45, 7) is 3.50. The molecule has 3 aromatic rings. The third-order valence-corrected chi connectivity index (χ3v) is 5.58. The van der Waals surface area contributed by atoms with Crippen LogP contribution in [0.15, 0.2) is 46.6 Å². The number of fused-ring (bicyclic) bond motifs is 1. The van der Waals surface area contributed by atoms with E-state index in [4.69, 9.17) is 10.7 Å². The Hall–Kier alpha value is -2.61. The van der Waals surface area contributed by atoms with Crippen molar-refractivity contribution in [3.63, 3.8) is 0 Å². The van der Waals surface area contributed by atoms with Crippen LogP contribution < -0.4 is 11.3 Å². The van der Waals surface area contributed by atoms with Crippen molar-refractivity contribution in [2.45, 2.75) is 56.6 Å². The molecule has 0 aliphatic rings. The van der Waals surface area contributed by atoms with Gasteiger partial charge in [-0.3, -0.25) is 14.2 Å². The van der Waals surface area contributed by atoms with Gasteiger partial charge in [-0.1, -0.05) is 30.3 Å². The number of carbonyl (C=O) groups excluding carboxylic acids is 1. The first-order valence-corrected chi connectivity index (χ1v) is 10.5. The summed E-state index contributed by atoms with van der Waals surface area (Å²) in [4.78, 5) is 33.0. The fourth-order valence-corrected chi connectivity index (χ4v) is 4.09. The van der Waals surface area contributed by atoms with Gasteiger partial charge in [0, 0.05) is 31.9 Å². The summed E-state index contributed by atoms with van der Waals surface area (Å²) in [5.74, 6) is 1.32. The second kappa shape index (κ2) is 9.54. The SMILES string of the molecule is CCn1ccnc1CSc1nc2ccccc2c(=O)n1CCCCCC(N)=O. The van der Waals surface area contributed by atoms with Gasteiger partial charge in [-0.05, 0) is 31.9 Å². The molecule has 28 heavy (non-hydrogen) atoms. The highest BCUT2D eigenvalue weighted by Crippen LogP contribution is 2.22. The molecule has 0 saturated heterocycles. The molecular weight excluding hydrogens is 374 g/mol. The van der Waals surface area contributed by atoms with Crippen LogP contribution in [0.3, 0.4) is 0 Å². The Bertz CT molecular complexity index is 1010. The highest BCUT2D eigenvalue weighted by atomic mass is 32.2. The van der Waals surface area contributed by atoms with E-state index in [1.807, 2.05) is 30.5 Å². The Labute approximate surface area is 168 Å². The standard InChI is InChI=1S/C20H25N5O2S/c1-2-24-13-11-22-18(24)14-28-20-23-16-9-6-5-8-15(16)19(27)25(20)12-7-3-4-10-17(21)26/h5-6,8-9,11,13H,2-4,7,10,12,14H2,1H3,(H2,21,26). The van der Waals surface area contributed by atoms with E-state index in [0.29, 0.717) is 34.8 Å². The number of rotatable bonds is 10. The van der Waals surface area contributed by atoms with E-state index in [9.17, 15) is 9.59 Å². The normalized spacial score (nSPS) is 11.2. The number of unbranched alkanes of at least 4 members (excludes halogenated alkanes) is 2. The van der Waals surface area contributed by atoms with Gasteiger partial charge >= 0.3 is 0 Å². The number of imidazole rings is 1. The minimum Gasteiger partial charge on any atom is -0.370 e. The molecule has 1 aromatic carbocycles. The van der Waals surface area contributed by atoms with Crippen LogP contribution in [0.1, 0.15) is 38.4 Å². The summed E-state index contributed by atoms with van der Waals surface area (Å²) < 4.78 is 3.83. The number of benzene rings is 1. The molecular formula is C20H25N5O2S. The monoisotopic (exact) mass is 399 g/mol. The molecule has 1 amide bonds. The predicted molar refractivity (Wildman–Crippen MR) is 111 cm³/mol. The van der Waals surface area contributed by atoms with E-state index in [1.165, 1.54) is 11.8 Å². The van der Waals surface area contributed by atoms with Crippen LogP contribution in [-0.4, -0.2) is 25.0 Å². The van der Waals surface area contributed by atoms with Gasteiger partial charge in [0.1, 0.15) is 5.82 Å². The van der Waals surface area contributed by atoms with E-state index in [2.05, 4.69) is 16.5 Å². The number of nitrogens with two attached hydrogens (primary N) is 1. The lowest BCUT2D eigenvalue weighted by molar-refractivity contribution is -0.118. The second-order valence-corrected chi connectivity index (χ2v) is 7.51. The Balaban J connectivity index is 1.82. The van der Waals surface area contributed by atoms with Crippen LogP contribution >= 0.6 is 11.8 Å². The first kappa shape index (κ1) is 20.1. The molecule has 0 atom stereocenters. The molecule has 0 unspecified atom stereocenters. The van der Waals surface area contributed by atoms with E-state index < -0.39 is 0 Å². The Morgan fingerprint density at radius 3 is 2.82 bits per heavy atom. The summed E-state index contributed by atoms with van der Waals surface area (Å²) in [5.41, 5.74) is 5.87. The number of nitrogens with zero attached hydrogens (tertiary/aromatic N) is 4. The number of hydrogen-bond acceptors (Lipinski definition) is 5. The van der Waals surface area contributed by atoms with Crippen LogP contribution in [-0.2, 0) is 23.6 Å². The van der Waals surface area contributed by atoms with Crippen molar-refractivity contribution >= 4 is 28.6 Å². The van der Waals surface area contributed by atoms with Crippen molar-refractivity contribution in [1.29, 1.82) is 0 Å². The van der Waals surface area contributed by atoms with Crippen LogP contribution in [0.4, 0.5) is 0 Å². The highest BCUT2D eigenvalue weighted by Gasteiger charge is 2.13. The third kappa shape index (κ3) is 4.81. The lowest BCUT2D eigenvalue weighted by Crippen LogP contribution is -2.23. The lowest BCUT2D eigenvalue weighted by Gasteiger charge is -2.13. The molecule has 148 valence electrons. The fourth-order valence-electron chi connectivity index (χ4n) is 3.10. The van der Waals surface area contributed by atoms with Crippen molar-refractivity contribution in [2.75, 3.05) is 0 Å². The molecule has 2 aromatic heterocycles. The van der Waals surface area contributed by atoms with Crippen molar-refractivity contribution in [2.24, 2.45) is 5.73 Å². The maximum absolute atomic E-state index is 13.0. The molecule has 3 rings (SSSR count). The third-order valence-electron chi connectivity index (χ3n) is 4.60. The van der Waals surface area contributed by atoms with Gasteiger partial charge in [-0.25, -0.2) is 9.97 Å². The first-order chi connectivity index (χ1) is 13.6. The molecule has 0 aliphatic heterocycles. The minimum absolute atomic E-state index is 0.0261. The minimum atomic E-state index is -0.285. The average Bonchev–Trinajstić information content (AvgIpc) is 3.15. The number of para-hydroxylation sites is 1. The van der Waals surface area contributed by atoms with Gasteiger partial charge in [0.15, 0.2) is 5.16 Å². The molecule has 8 heteroatoms. The molecule has 0 spiro atoms. The first-order valence-electron chi connectivity index (χ1n) is 9.51. The van der Waals surface area contributed by atoms with Crippen molar-refractivity contribution < 1.29 is 4.79 Å². The van der Waals surface area contributed by atoms with Gasteiger partial charge in [0.05, 0.1) is 16.7 Å². The average molecular weight is 400 g/mol. The Morgan fingerprint density at radius 1 is 1.21 bits per heavy atom. The molecule has 0 bridgehead atoms. The largest absolute Gasteiger partial charge is 0.370 e. The summed E-state index contributed by atoms with van der Waals surface area (Å²) in [6, 6.07) is 7.42. The summed E-state index contributed by atoms with van der Waals surface area (Å²) in [5, 5.41) is 1.32. The summed E-state index contributed by atoms with van der Waals surface area (Å²) in [7, 11) is 0. The zero-order chi connectivity index (χ0) is 19.9. The number of hydrogen-bond donors (Lipinski definition) is 1. The maximum Gasteiger partial charge on any atom is 0.262 e. The molecule has 2 heterocycles. The van der Waals surface area contributed by atoms with Crippen LogP contribution in [0.2, 0.25) is 0 Å². The zero-order valence-electron chi connectivity index (χ0n) is 16.0. The van der Waals surface area contributed by atoms with Crippen LogP contribution in [0.25, 0.3) is 10.9 Å². The summed E-state index contributed by atoms with van der Waals surface area (Å²) >= 11 is 1.53. The van der Waals surface area contributed by atoms with Gasteiger partial charge in [0.25, 0.3) is 5.56 Å². The fraction of sp³-hybridized carbons (Fsp3) is 0.400. The topological polar surface area (TPSA) is 95.8 Å². The Morgan fingerprint density at radius 2 is 2.04 bits per heavy atom. The molecule has 0 aliphatic carbocycles. The van der Waals surface area contributed by atoms with Crippen molar-refractivity contribution in [3.05, 3.63) is 52.8 Å². The van der Waals surface area contributed by atoms with E-state index in [-0.39, 0.29) is 11.5 Å². The van der Waals surface area contributed by atoms with Crippen LogP contribution in [0, 0.1) is 0 Å².